The van der Waals surface area contributed by atoms with Gasteiger partial charge >= 0.3 is 0 Å². The first-order valence-electron chi connectivity index (χ1n) is 11.0. The number of unbranched alkanes of at least 4 members (excludes halogenated alkanes) is 1. The Bertz CT molecular complexity index is 1010. The maximum absolute atomic E-state index is 6.21. The average molecular weight is 428 g/mol. The summed E-state index contributed by atoms with van der Waals surface area (Å²) in [5.74, 6) is 2.11. The van der Waals surface area contributed by atoms with Gasteiger partial charge in [-0.05, 0) is 30.5 Å². The molecule has 162 valence electrons. The Kier molecular flexibility index (Phi) is 6.36. The fourth-order valence-electron chi connectivity index (χ4n) is 4.09. The molecule has 0 bridgehead atoms. The molecule has 0 amide bonds. The van der Waals surface area contributed by atoms with Gasteiger partial charge in [-0.25, -0.2) is 15.0 Å². The second-order valence-electron chi connectivity index (χ2n) is 8.60. The summed E-state index contributed by atoms with van der Waals surface area (Å²) >= 11 is 4.66. The number of thiol groups is 1. The number of imidazole rings is 1. The normalized spacial score (nSPS) is 15.9. The number of aryl methyl sites for hydroxylation is 1. The number of hydrogen-bond acceptors (Lipinski definition) is 7. The number of hydrazine groups is 1. The molecule has 0 spiro atoms. The van der Waals surface area contributed by atoms with Crippen molar-refractivity contribution >= 4 is 46.3 Å². The number of anilines is 2. The molecule has 0 saturated carbocycles. The Labute approximate surface area is 184 Å². The molecule has 1 fully saturated rings. The SMILES string of the molecule is CCCCc1nc2c([nH]1)c(N)nc1ccc(N3CCN(N(S)CC(C)C)CC3)cc12. The number of nitrogen functional groups attached to an aromatic ring is 1. The van der Waals surface area contributed by atoms with Crippen molar-refractivity contribution in [2.75, 3.05) is 43.4 Å². The van der Waals surface area contributed by atoms with Crippen molar-refractivity contribution in [3.8, 4) is 0 Å². The summed E-state index contributed by atoms with van der Waals surface area (Å²) in [5.41, 5.74) is 10.1. The Hall–Kier alpha value is -2.03. The zero-order valence-corrected chi connectivity index (χ0v) is 19.1. The van der Waals surface area contributed by atoms with Crippen LogP contribution in [0.1, 0.15) is 39.4 Å². The van der Waals surface area contributed by atoms with E-state index < -0.39 is 0 Å². The van der Waals surface area contributed by atoms with Crippen LogP contribution in [0.3, 0.4) is 0 Å². The van der Waals surface area contributed by atoms with Gasteiger partial charge in [0.05, 0.1) is 5.52 Å². The maximum atomic E-state index is 6.21. The Balaban J connectivity index is 1.58. The van der Waals surface area contributed by atoms with Crippen LogP contribution in [-0.2, 0) is 6.42 Å². The molecule has 0 radical (unpaired) electrons. The van der Waals surface area contributed by atoms with Crippen molar-refractivity contribution in [3.05, 3.63) is 24.0 Å². The summed E-state index contributed by atoms with van der Waals surface area (Å²) < 4.78 is 2.07. The molecule has 1 aliphatic heterocycles. The molecular weight excluding hydrogens is 394 g/mol. The number of fused-ring (bicyclic) bond motifs is 3. The number of piperazine rings is 1. The first-order chi connectivity index (χ1) is 14.5. The van der Waals surface area contributed by atoms with Crippen LogP contribution in [0.5, 0.6) is 0 Å². The molecule has 30 heavy (non-hydrogen) atoms. The number of H-pyrrole nitrogens is 1. The standard InChI is InChI=1S/C22H33N7S/c1-4-5-6-19-25-20-17-13-16(7-8-18(17)24-22(23)21(20)26-19)27-9-11-28(12-10-27)29(30)14-15(2)3/h7-8,13,15,30H,4-6,9-12,14H2,1-3H3,(H2,23,24)(H,25,26). The van der Waals surface area contributed by atoms with E-state index in [0.717, 1.165) is 79.7 Å². The van der Waals surface area contributed by atoms with Crippen molar-refractivity contribution < 1.29 is 0 Å². The van der Waals surface area contributed by atoms with E-state index in [0.29, 0.717) is 11.7 Å². The van der Waals surface area contributed by atoms with Crippen LogP contribution in [0.25, 0.3) is 21.9 Å². The minimum absolute atomic E-state index is 0.521. The lowest BCUT2D eigenvalue weighted by atomic mass is 10.1. The molecule has 3 N–H and O–H groups in total. The summed E-state index contributed by atoms with van der Waals surface area (Å²) in [6.45, 7) is 11.5. The highest BCUT2D eigenvalue weighted by molar-refractivity contribution is 7.77. The number of hydrogen-bond donors (Lipinski definition) is 3. The first-order valence-corrected chi connectivity index (χ1v) is 11.4. The lowest BCUT2D eigenvalue weighted by molar-refractivity contribution is 0.0577. The highest BCUT2D eigenvalue weighted by atomic mass is 32.1. The van der Waals surface area contributed by atoms with Crippen LogP contribution in [0.4, 0.5) is 11.5 Å². The van der Waals surface area contributed by atoms with E-state index in [9.17, 15) is 0 Å². The van der Waals surface area contributed by atoms with E-state index >= 15 is 0 Å². The summed E-state index contributed by atoms with van der Waals surface area (Å²) in [4.78, 5) is 15.3. The predicted octanol–water partition coefficient (Wildman–Crippen LogP) is 3.88. The van der Waals surface area contributed by atoms with Crippen molar-refractivity contribution in [1.29, 1.82) is 0 Å². The molecule has 7 nitrogen and oxygen atoms in total. The average Bonchev–Trinajstić information content (AvgIpc) is 3.17. The smallest absolute Gasteiger partial charge is 0.150 e. The molecule has 8 heteroatoms. The number of aromatic amines is 1. The first kappa shape index (κ1) is 21.2. The monoisotopic (exact) mass is 427 g/mol. The number of rotatable bonds is 7. The van der Waals surface area contributed by atoms with Gasteiger partial charge in [0.1, 0.15) is 22.7 Å². The quantitative estimate of drug-likeness (QED) is 0.497. The van der Waals surface area contributed by atoms with E-state index in [2.05, 4.69) is 76.1 Å². The van der Waals surface area contributed by atoms with Gasteiger partial charge in [-0.3, -0.25) is 0 Å². The Morgan fingerprint density at radius 3 is 2.67 bits per heavy atom. The minimum atomic E-state index is 0.521. The molecular formula is C22H33N7S. The fourth-order valence-corrected chi connectivity index (χ4v) is 4.59. The van der Waals surface area contributed by atoms with Crippen molar-refractivity contribution in [3.63, 3.8) is 0 Å². The van der Waals surface area contributed by atoms with Crippen molar-refractivity contribution in [2.24, 2.45) is 5.92 Å². The van der Waals surface area contributed by atoms with E-state index in [4.69, 9.17) is 10.7 Å². The topological polar surface area (TPSA) is 77.3 Å². The molecule has 4 rings (SSSR count). The molecule has 0 unspecified atom stereocenters. The van der Waals surface area contributed by atoms with E-state index in [1.807, 2.05) is 0 Å². The molecule has 3 heterocycles. The minimum Gasteiger partial charge on any atom is -0.382 e. The van der Waals surface area contributed by atoms with Gasteiger partial charge in [0.25, 0.3) is 0 Å². The lowest BCUT2D eigenvalue weighted by Crippen LogP contribution is -2.51. The molecule has 1 aromatic carbocycles. The van der Waals surface area contributed by atoms with Gasteiger partial charge in [0.15, 0.2) is 0 Å². The second kappa shape index (κ2) is 8.99. The zero-order chi connectivity index (χ0) is 21.3. The van der Waals surface area contributed by atoms with Crippen LogP contribution < -0.4 is 10.6 Å². The third-order valence-corrected chi connectivity index (χ3v) is 6.14. The van der Waals surface area contributed by atoms with Gasteiger partial charge in [0, 0.05) is 50.2 Å². The molecule has 0 aliphatic carbocycles. The number of nitrogens with zero attached hydrogens (tertiary/aromatic N) is 5. The van der Waals surface area contributed by atoms with Crippen LogP contribution in [0.15, 0.2) is 18.2 Å². The number of aromatic nitrogens is 3. The van der Waals surface area contributed by atoms with E-state index in [-0.39, 0.29) is 0 Å². The van der Waals surface area contributed by atoms with Crippen molar-refractivity contribution in [2.45, 2.75) is 40.0 Å². The maximum Gasteiger partial charge on any atom is 0.150 e. The highest BCUT2D eigenvalue weighted by Gasteiger charge is 2.22. The van der Waals surface area contributed by atoms with Gasteiger partial charge in [-0.2, -0.15) is 4.41 Å². The predicted molar refractivity (Wildman–Crippen MR) is 129 cm³/mol. The molecule has 3 aromatic rings. The lowest BCUT2D eigenvalue weighted by Gasteiger charge is -2.40. The summed E-state index contributed by atoms with van der Waals surface area (Å²) in [5, 5.41) is 3.39. The van der Waals surface area contributed by atoms with Gasteiger partial charge in [-0.1, -0.05) is 40.0 Å². The largest absolute Gasteiger partial charge is 0.382 e. The summed E-state index contributed by atoms with van der Waals surface area (Å²) in [6, 6.07) is 6.43. The molecule has 0 atom stereocenters. The van der Waals surface area contributed by atoms with Gasteiger partial charge < -0.3 is 15.6 Å². The van der Waals surface area contributed by atoms with E-state index in [1.165, 1.54) is 5.69 Å². The van der Waals surface area contributed by atoms with Crippen LogP contribution >= 0.6 is 12.8 Å². The van der Waals surface area contributed by atoms with Crippen LogP contribution in [-0.4, -0.2) is 57.1 Å². The summed E-state index contributed by atoms with van der Waals surface area (Å²) in [6.07, 6.45) is 3.19. The third kappa shape index (κ3) is 4.36. The number of benzene rings is 1. The Morgan fingerprint density at radius 2 is 1.97 bits per heavy atom. The highest BCUT2D eigenvalue weighted by Crippen LogP contribution is 2.30. The third-order valence-electron chi connectivity index (χ3n) is 5.73. The number of nitrogens with one attached hydrogen (secondary N) is 1. The summed E-state index contributed by atoms with van der Waals surface area (Å²) in [7, 11) is 0. The Morgan fingerprint density at radius 1 is 1.20 bits per heavy atom. The van der Waals surface area contributed by atoms with Gasteiger partial charge in [0.2, 0.25) is 0 Å². The molecule has 2 aromatic heterocycles. The van der Waals surface area contributed by atoms with Crippen LogP contribution in [0.2, 0.25) is 0 Å². The molecule has 1 saturated heterocycles. The number of pyridine rings is 1. The fraction of sp³-hybridized carbons (Fsp3) is 0.545. The van der Waals surface area contributed by atoms with E-state index in [1.54, 1.807) is 0 Å². The number of nitrogens with two attached hydrogens (primary N) is 1. The molecule has 1 aliphatic rings. The van der Waals surface area contributed by atoms with Crippen molar-refractivity contribution in [1.82, 2.24) is 24.4 Å². The zero-order valence-electron chi connectivity index (χ0n) is 18.2. The second-order valence-corrected chi connectivity index (χ2v) is 9.06. The van der Waals surface area contributed by atoms with Gasteiger partial charge in [-0.15, -0.1) is 0 Å². The van der Waals surface area contributed by atoms with Crippen LogP contribution in [0, 0.1) is 5.92 Å².